The van der Waals surface area contributed by atoms with Crippen molar-refractivity contribution < 1.29 is 4.74 Å². The number of hydrogen-bond acceptors (Lipinski definition) is 4. The van der Waals surface area contributed by atoms with E-state index >= 15 is 0 Å². The molecular formula is C21H24Cl2N4O. The van der Waals surface area contributed by atoms with Crippen LogP contribution in [0.4, 0.5) is 5.69 Å². The second-order valence-electron chi connectivity index (χ2n) is 6.99. The van der Waals surface area contributed by atoms with E-state index in [1.807, 2.05) is 47.1 Å². The van der Waals surface area contributed by atoms with Gasteiger partial charge in [0.2, 0.25) is 0 Å². The number of hydrogen-bond donors (Lipinski definition) is 0. The van der Waals surface area contributed by atoms with Crippen molar-refractivity contribution in [2.75, 3.05) is 44.2 Å². The van der Waals surface area contributed by atoms with Crippen molar-refractivity contribution in [3.63, 3.8) is 0 Å². The summed E-state index contributed by atoms with van der Waals surface area (Å²) in [4.78, 5) is 9.16. The highest BCUT2D eigenvalue weighted by molar-refractivity contribution is 6.43. The van der Waals surface area contributed by atoms with E-state index in [2.05, 4.69) is 14.8 Å². The highest BCUT2D eigenvalue weighted by Gasteiger charge is 2.19. The molecule has 7 heteroatoms. The third-order valence-corrected chi connectivity index (χ3v) is 5.96. The number of aromatic nitrogens is 2. The predicted molar refractivity (Wildman–Crippen MR) is 115 cm³/mol. The van der Waals surface area contributed by atoms with Gasteiger partial charge in [0, 0.05) is 44.8 Å². The third-order valence-electron chi connectivity index (χ3n) is 5.15. The van der Waals surface area contributed by atoms with Gasteiger partial charge in [-0.05, 0) is 43.7 Å². The van der Waals surface area contributed by atoms with E-state index in [1.165, 1.54) is 0 Å². The molecule has 0 bridgehead atoms. The normalized spacial score (nSPS) is 15.3. The van der Waals surface area contributed by atoms with Gasteiger partial charge in [-0.1, -0.05) is 29.3 Å². The third kappa shape index (κ3) is 4.37. The number of pyridine rings is 1. The second-order valence-corrected chi connectivity index (χ2v) is 7.77. The molecule has 4 rings (SSSR count). The molecule has 5 nitrogen and oxygen atoms in total. The van der Waals surface area contributed by atoms with E-state index in [0.717, 1.165) is 62.6 Å². The average Bonchev–Trinajstić information content (AvgIpc) is 3.20. The van der Waals surface area contributed by atoms with Crippen LogP contribution in [-0.2, 0) is 0 Å². The fraction of sp³-hybridized carbons (Fsp3) is 0.381. The van der Waals surface area contributed by atoms with Crippen LogP contribution in [0.15, 0.2) is 48.9 Å². The second kappa shape index (κ2) is 9.03. The van der Waals surface area contributed by atoms with E-state index in [-0.39, 0.29) is 0 Å². The lowest BCUT2D eigenvalue weighted by atomic mass is 10.2. The van der Waals surface area contributed by atoms with Crippen LogP contribution in [0, 0.1) is 0 Å². The highest BCUT2D eigenvalue weighted by Crippen LogP contribution is 2.32. The smallest absolute Gasteiger partial charge is 0.179 e. The zero-order chi connectivity index (χ0) is 19.3. The summed E-state index contributed by atoms with van der Waals surface area (Å²) in [6.45, 7) is 5.82. The maximum Gasteiger partial charge on any atom is 0.179 e. The predicted octanol–water partition coefficient (Wildman–Crippen LogP) is 4.62. The first kappa shape index (κ1) is 19.4. The number of imidazole rings is 1. The van der Waals surface area contributed by atoms with Gasteiger partial charge in [0.05, 0.1) is 22.3 Å². The number of halogens is 2. The van der Waals surface area contributed by atoms with Crippen molar-refractivity contribution in [3.8, 4) is 5.75 Å². The molecule has 0 spiro atoms. The number of nitrogens with zero attached hydrogens (tertiary/aromatic N) is 4. The Labute approximate surface area is 175 Å². The molecule has 28 heavy (non-hydrogen) atoms. The molecule has 0 N–H and O–H groups in total. The van der Waals surface area contributed by atoms with Crippen LogP contribution >= 0.6 is 23.2 Å². The van der Waals surface area contributed by atoms with Gasteiger partial charge in [0.15, 0.2) is 11.4 Å². The zero-order valence-corrected chi connectivity index (χ0v) is 17.2. The summed E-state index contributed by atoms with van der Waals surface area (Å²) in [5.74, 6) is 0.847. The van der Waals surface area contributed by atoms with Gasteiger partial charge in [-0.3, -0.25) is 4.90 Å². The highest BCUT2D eigenvalue weighted by atomic mass is 35.5. The van der Waals surface area contributed by atoms with E-state index in [4.69, 9.17) is 27.9 Å². The molecule has 2 aromatic heterocycles. The van der Waals surface area contributed by atoms with E-state index < -0.39 is 0 Å². The minimum atomic E-state index is 0.618. The van der Waals surface area contributed by atoms with Crippen molar-refractivity contribution in [1.82, 2.24) is 14.3 Å². The van der Waals surface area contributed by atoms with Crippen molar-refractivity contribution in [2.24, 2.45) is 0 Å². The van der Waals surface area contributed by atoms with Gasteiger partial charge in [0.25, 0.3) is 0 Å². The van der Waals surface area contributed by atoms with E-state index in [1.54, 1.807) is 6.20 Å². The molecule has 1 saturated heterocycles. The summed E-state index contributed by atoms with van der Waals surface area (Å²) in [5, 5.41) is 1.27. The molecule has 3 aromatic rings. The van der Waals surface area contributed by atoms with Gasteiger partial charge < -0.3 is 14.0 Å². The van der Waals surface area contributed by atoms with Crippen molar-refractivity contribution in [2.45, 2.75) is 12.8 Å². The molecule has 1 fully saturated rings. The number of benzene rings is 1. The van der Waals surface area contributed by atoms with Gasteiger partial charge in [-0.15, -0.1) is 0 Å². The van der Waals surface area contributed by atoms with Crippen molar-refractivity contribution in [1.29, 1.82) is 0 Å². The van der Waals surface area contributed by atoms with E-state index in [9.17, 15) is 0 Å². The van der Waals surface area contributed by atoms with Gasteiger partial charge >= 0.3 is 0 Å². The monoisotopic (exact) mass is 418 g/mol. The summed E-state index contributed by atoms with van der Waals surface area (Å²) in [6.07, 6.45) is 7.85. The molecule has 0 radical (unpaired) electrons. The fourth-order valence-electron chi connectivity index (χ4n) is 3.60. The first-order chi connectivity index (χ1) is 13.7. The van der Waals surface area contributed by atoms with Crippen LogP contribution in [0.25, 0.3) is 5.65 Å². The number of rotatable bonds is 7. The number of unbranched alkanes of at least 4 members (excludes halogenated alkanes) is 1. The van der Waals surface area contributed by atoms with Crippen LogP contribution in [0.2, 0.25) is 10.0 Å². The molecule has 1 aromatic carbocycles. The Morgan fingerprint density at radius 3 is 2.68 bits per heavy atom. The summed E-state index contributed by atoms with van der Waals surface area (Å²) in [5.41, 5.74) is 1.91. The number of piperazine rings is 1. The molecular weight excluding hydrogens is 395 g/mol. The lowest BCUT2D eigenvalue weighted by molar-refractivity contribution is 0.239. The van der Waals surface area contributed by atoms with Gasteiger partial charge in [0.1, 0.15) is 0 Å². The van der Waals surface area contributed by atoms with Crippen LogP contribution in [-0.4, -0.2) is 53.6 Å². The van der Waals surface area contributed by atoms with Crippen LogP contribution < -0.4 is 9.64 Å². The van der Waals surface area contributed by atoms with Gasteiger partial charge in [-0.2, -0.15) is 0 Å². The van der Waals surface area contributed by atoms with Crippen LogP contribution in [0.5, 0.6) is 5.75 Å². The molecule has 0 amide bonds. The number of fused-ring (bicyclic) bond motifs is 1. The molecule has 0 aliphatic carbocycles. The lowest BCUT2D eigenvalue weighted by Crippen LogP contribution is -2.46. The minimum absolute atomic E-state index is 0.618. The first-order valence-corrected chi connectivity index (χ1v) is 10.4. The minimum Gasteiger partial charge on any atom is -0.490 e. The van der Waals surface area contributed by atoms with Crippen LogP contribution in [0.1, 0.15) is 12.8 Å². The number of anilines is 1. The van der Waals surface area contributed by atoms with Crippen LogP contribution in [0.3, 0.4) is 0 Å². The molecule has 0 saturated carbocycles. The molecule has 1 aliphatic rings. The number of ether oxygens (including phenoxy) is 1. The molecule has 3 heterocycles. The van der Waals surface area contributed by atoms with Gasteiger partial charge in [-0.25, -0.2) is 4.98 Å². The Morgan fingerprint density at radius 1 is 0.964 bits per heavy atom. The SMILES string of the molecule is Clc1cccc(N2CCN(CCCCOc3cccn4ccnc34)CC2)c1Cl. The average molecular weight is 419 g/mol. The fourth-order valence-corrected chi connectivity index (χ4v) is 4.02. The Hall–Kier alpha value is -1.95. The van der Waals surface area contributed by atoms with Crippen molar-refractivity contribution in [3.05, 3.63) is 59.0 Å². The Bertz CT molecular complexity index is 922. The Morgan fingerprint density at radius 2 is 1.82 bits per heavy atom. The quantitative estimate of drug-likeness (QED) is 0.524. The molecule has 0 unspecified atom stereocenters. The Balaban J connectivity index is 1.18. The summed E-state index contributed by atoms with van der Waals surface area (Å²) < 4.78 is 7.90. The molecule has 148 valence electrons. The van der Waals surface area contributed by atoms with E-state index in [0.29, 0.717) is 16.7 Å². The standard InChI is InChI=1S/C21H24Cl2N4O/c22-17-5-3-6-18(20(17)23)26-14-12-25(13-15-26)9-1-2-16-28-19-7-4-10-27-11-8-24-21(19)27/h3-8,10-11H,1-2,9,12-16H2. The largest absolute Gasteiger partial charge is 0.490 e. The summed E-state index contributed by atoms with van der Waals surface area (Å²) >= 11 is 12.5. The maximum absolute atomic E-state index is 6.35. The van der Waals surface area contributed by atoms with Crippen molar-refractivity contribution >= 4 is 34.5 Å². The zero-order valence-electron chi connectivity index (χ0n) is 15.7. The summed E-state index contributed by atoms with van der Waals surface area (Å²) in [6, 6.07) is 9.79. The lowest BCUT2D eigenvalue weighted by Gasteiger charge is -2.36. The molecule has 1 aliphatic heterocycles. The summed E-state index contributed by atoms with van der Waals surface area (Å²) in [7, 11) is 0. The molecule has 0 atom stereocenters. The topological polar surface area (TPSA) is 33.0 Å². The Kier molecular flexibility index (Phi) is 6.25. The maximum atomic E-state index is 6.35. The first-order valence-electron chi connectivity index (χ1n) is 9.68.